The number of hydrogen-bond donors (Lipinski definition) is 3. The van der Waals surface area contributed by atoms with Crippen LogP contribution in [0.5, 0.6) is 0 Å². The standard InChI is InChI=1S/C18H21FN2O4/c1-11(2)16(21-17(23)12-5-7-13(19)8-6-12)18(24)20-10-14(22)15-4-3-9-25-15/h3-9,11,14,16,22H,10H2,1-2H3,(H,20,24)(H,21,23). The van der Waals surface area contributed by atoms with Gasteiger partial charge < -0.3 is 20.2 Å². The molecule has 0 saturated carbocycles. The fourth-order valence-corrected chi connectivity index (χ4v) is 2.25. The van der Waals surface area contributed by atoms with E-state index in [-0.39, 0.29) is 18.0 Å². The molecule has 0 spiro atoms. The van der Waals surface area contributed by atoms with E-state index in [4.69, 9.17) is 4.42 Å². The van der Waals surface area contributed by atoms with Crippen molar-refractivity contribution in [3.63, 3.8) is 0 Å². The fraction of sp³-hybridized carbons (Fsp3) is 0.333. The zero-order valence-corrected chi connectivity index (χ0v) is 14.0. The molecule has 0 fully saturated rings. The molecule has 0 aliphatic rings. The largest absolute Gasteiger partial charge is 0.467 e. The first kappa shape index (κ1) is 18.7. The summed E-state index contributed by atoms with van der Waals surface area (Å²) in [6.45, 7) is 3.54. The summed E-state index contributed by atoms with van der Waals surface area (Å²) in [7, 11) is 0. The van der Waals surface area contributed by atoms with Crippen LogP contribution < -0.4 is 10.6 Å². The van der Waals surface area contributed by atoms with Crippen molar-refractivity contribution in [2.75, 3.05) is 6.54 Å². The van der Waals surface area contributed by atoms with Gasteiger partial charge in [0.2, 0.25) is 5.91 Å². The van der Waals surface area contributed by atoms with Gasteiger partial charge in [-0.2, -0.15) is 0 Å². The highest BCUT2D eigenvalue weighted by Crippen LogP contribution is 2.12. The fourth-order valence-electron chi connectivity index (χ4n) is 2.25. The van der Waals surface area contributed by atoms with Crippen LogP contribution in [-0.4, -0.2) is 29.5 Å². The number of aliphatic hydroxyl groups excluding tert-OH is 1. The summed E-state index contributed by atoms with van der Waals surface area (Å²) >= 11 is 0. The summed E-state index contributed by atoms with van der Waals surface area (Å²) in [5, 5.41) is 15.2. The van der Waals surface area contributed by atoms with Gasteiger partial charge in [0.05, 0.1) is 12.8 Å². The van der Waals surface area contributed by atoms with Gasteiger partial charge in [-0.3, -0.25) is 9.59 Å². The first-order chi connectivity index (χ1) is 11.9. The van der Waals surface area contributed by atoms with Crippen LogP contribution in [0.25, 0.3) is 0 Å². The molecule has 134 valence electrons. The number of rotatable bonds is 7. The molecule has 7 heteroatoms. The molecule has 0 saturated heterocycles. The molecule has 2 aromatic rings. The lowest BCUT2D eigenvalue weighted by Crippen LogP contribution is -2.50. The minimum absolute atomic E-state index is 0.0397. The lowest BCUT2D eigenvalue weighted by molar-refractivity contribution is -0.124. The molecule has 25 heavy (non-hydrogen) atoms. The van der Waals surface area contributed by atoms with Crippen molar-refractivity contribution in [3.05, 3.63) is 59.8 Å². The molecule has 2 rings (SSSR count). The zero-order chi connectivity index (χ0) is 18.4. The van der Waals surface area contributed by atoms with E-state index in [1.165, 1.54) is 30.5 Å². The van der Waals surface area contributed by atoms with Crippen LogP contribution in [0.3, 0.4) is 0 Å². The number of furan rings is 1. The summed E-state index contributed by atoms with van der Waals surface area (Å²) in [5.74, 6) is -1.17. The Morgan fingerprint density at radius 2 is 1.88 bits per heavy atom. The zero-order valence-electron chi connectivity index (χ0n) is 14.0. The lowest BCUT2D eigenvalue weighted by Gasteiger charge is -2.22. The Balaban J connectivity index is 1.95. The summed E-state index contributed by atoms with van der Waals surface area (Å²) in [6.07, 6.45) is 0.458. The normalized spacial score (nSPS) is 13.3. The highest BCUT2D eigenvalue weighted by atomic mass is 19.1. The SMILES string of the molecule is CC(C)C(NC(=O)c1ccc(F)cc1)C(=O)NCC(O)c1ccco1. The Hall–Kier alpha value is -2.67. The minimum atomic E-state index is -0.973. The van der Waals surface area contributed by atoms with Gasteiger partial charge in [-0.25, -0.2) is 4.39 Å². The molecule has 0 bridgehead atoms. The molecular formula is C18H21FN2O4. The molecule has 0 aliphatic carbocycles. The summed E-state index contributed by atoms with van der Waals surface area (Å²) in [5.41, 5.74) is 0.260. The molecular weight excluding hydrogens is 327 g/mol. The summed E-state index contributed by atoms with van der Waals surface area (Å²) < 4.78 is 18.0. The molecule has 3 N–H and O–H groups in total. The smallest absolute Gasteiger partial charge is 0.251 e. The van der Waals surface area contributed by atoms with E-state index in [0.29, 0.717) is 5.76 Å². The number of aliphatic hydroxyl groups is 1. The maximum absolute atomic E-state index is 12.9. The van der Waals surface area contributed by atoms with Gasteiger partial charge >= 0.3 is 0 Å². The molecule has 1 aromatic heterocycles. The maximum atomic E-state index is 12.9. The van der Waals surface area contributed by atoms with E-state index in [2.05, 4.69) is 10.6 Å². The first-order valence-corrected chi connectivity index (χ1v) is 7.94. The second-order valence-electron chi connectivity index (χ2n) is 5.98. The van der Waals surface area contributed by atoms with E-state index in [1.807, 2.05) is 0 Å². The second kappa shape index (κ2) is 8.43. The van der Waals surface area contributed by atoms with Crippen molar-refractivity contribution in [1.82, 2.24) is 10.6 Å². The van der Waals surface area contributed by atoms with Crippen LogP contribution in [0.1, 0.15) is 36.1 Å². The number of halogens is 1. The monoisotopic (exact) mass is 348 g/mol. The van der Waals surface area contributed by atoms with Crippen LogP contribution in [0.15, 0.2) is 47.1 Å². The Morgan fingerprint density at radius 3 is 2.44 bits per heavy atom. The van der Waals surface area contributed by atoms with Gasteiger partial charge in [-0.15, -0.1) is 0 Å². The molecule has 1 heterocycles. The van der Waals surface area contributed by atoms with E-state index in [9.17, 15) is 19.1 Å². The average molecular weight is 348 g/mol. The maximum Gasteiger partial charge on any atom is 0.251 e. The Bertz CT molecular complexity index is 698. The third kappa shape index (κ3) is 5.15. The van der Waals surface area contributed by atoms with Crippen molar-refractivity contribution in [2.24, 2.45) is 5.92 Å². The Kier molecular flexibility index (Phi) is 6.30. The molecule has 6 nitrogen and oxygen atoms in total. The second-order valence-corrected chi connectivity index (χ2v) is 5.98. The molecule has 2 amide bonds. The van der Waals surface area contributed by atoms with Crippen molar-refractivity contribution in [1.29, 1.82) is 0 Å². The van der Waals surface area contributed by atoms with Crippen LogP contribution in [0.2, 0.25) is 0 Å². The predicted molar refractivity (Wildman–Crippen MR) is 89.2 cm³/mol. The van der Waals surface area contributed by atoms with E-state index >= 15 is 0 Å². The van der Waals surface area contributed by atoms with Gasteiger partial charge in [-0.1, -0.05) is 13.8 Å². The Morgan fingerprint density at radius 1 is 1.20 bits per heavy atom. The quantitative estimate of drug-likeness (QED) is 0.714. The third-order valence-corrected chi connectivity index (χ3v) is 3.68. The van der Waals surface area contributed by atoms with Crippen LogP contribution in [-0.2, 0) is 4.79 Å². The molecule has 2 unspecified atom stereocenters. The molecule has 1 aromatic carbocycles. The lowest BCUT2D eigenvalue weighted by atomic mass is 10.0. The van der Waals surface area contributed by atoms with Gasteiger partial charge in [0.25, 0.3) is 5.91 Å². The number of carbonyl (C=O) groups is 2. The number of carbonyl (C=O) groups excluding carboxylic acids is 2. The van der Waals surface area contributed by atoms with Gasteiger partial charge in [0, 0.05) is 5.56 Å². The highest BCUT2D eigenvalue weighted by molar-refractivity contribution is 5.97. The minimum Gasteiger partial charge on any atom is -0.467 e. The van der Waals surface area contributed by atoms with Gasteiger partial charge in [-0.05, 0) is 42.3 Å². The number of benzene rings is 1. The third-order valence-electron chi connectivity index (χ3n) is 3.68. The van der Waals surface area contributed by atoms with Crippen molar-refractivity contribution in [2.45, 2.75) is 26.0 Å². The van der Waals surface area contributed by atoms with E-state index < -0.39 is 29.8 Å². The van der Waals surface area contributed by atoms with E-state index in [1.54, 1.807) is 26.0 Å². The van der Waals surface area contributed by atoms with Gasteiger partial charge in [0.15, 0.2) is 0 Å². The van der Waals surface area contributed by atoms with Crippen molar-refractivity contribution in [3.8, 4) is 0 Å². The van der Waals surface area contributed by atoms with Gasteiger partial charge in [0.1, 0.15) is 23.7 Å². The van der Waals surface area contributed by atoms with E-state index in [0.717, 1.165) is 0 Å². The first-order valence-electron chi connectivity index (χ1n) is 7.94. The van der Waals surface area contributed by atoms with Crippen LogP contribution in [0.4, 0.5) is 4.39 Å². The summed E-state index contributed by atoms with van der Waals surface area (Å²) in [4.78, 5) is 24.6. The van der Waals surface area contributed by atoms with Crippen LogP contribution >= 0.6 is 0 Å². The number of amides is 2. The average Bonchev–Trinajstić information content (AvgIpc) is 3.12. The number of nitrogens with one attached hydrogen (secondary N) is 2. The number of hydrogen-bond acceptors (Lipinski definition) is 4. The Labute approximate surface area is 145 Å². The molecule has 0 radical (unpaired) electrons. The van der Waals surface area contributed by atoms with Crippen molar-refractivity contribution < 1.29 is 23.5 Å². The topological polar surface area (TPSA) is 91.6 Å². The van der Waals surface area contributed by atoms with Crippen LogP contribution in [0, 0.1) is 11.7 Å². The van der Waals surface area contributed by atoms with Crippen molar-refractivity contribution >= 4 is 11.8 Å². The highest BCUT2D eigenvalue weighted by Gasteiger charge is 2.25. The predicted octanol–water partition coefficient (Wildman–Crippen LogP) is 2.02. The molecule has 0 aliphatic heterocycles. The molecule has 2 atom stereocenters. The summed E-state index contributed by atoms with van der Waals surface area (Å²) in [6, 6.07) is 7.51.